The number of aromatic nitrogens is 1. The molecule has 1 aromatic heterocycles. The summed E-state index contributed by atoms with van der Waals surface area (Å²) in [7, 11) is 0. The number of pyridine rings is 1. The Morgan fingerprint density at radius 1 is 1.20 bits per heavy atom. The first-order chi connectivity index (χ1) is 6.99. The summed E-state index contributed by atoms with van der Waals surface area (Å²) in [5, 5.41) is -0.156. The molecule has 0 bridgehead atoms. The Labute approximate surface area is 106 Å². The standard InChI is InChI=1S/C8H5Cl4NO2/c1-2-15-8(14)6-4(10)3(9)5(11)7(12)13-6/h2H2,1H3. The summed E-state index contributed by atoms with van der Waals surface area (Å²) in [5.41, 5.74) is -0.141. The van der Waals surface area contributed by atoms with Crippen molar-refractivity contribution in [2.24, 2.45) is 0 Å². The van der Waals surface area contributed by atoms with Crippen LogP contribution >= 0.6 is 46.4 Å². The van der Waals surface area contributed by atoms with Crippen molar-refractivity contribution in [3.8, 4) is 0 Å². The van der Waals surface area contributed by atoms with E-state index in [0.717, 1.165) is 0 Å². The van der Waals surface area contributed by atoms with E-state index in [1.54, 1.807) is 6.92 Å². The van der Waals surface area contributed by atoms with E-state index >= 15 is 0 Å². The minimum absolute atomic E-state index is 0.0105. The van der Waals surface area contributed by atoms with E-state index in [-0.39, 0.29) is 32.5 Å². The topological polar surface area (TPSA) is 39.2 Å². The third kappa shape index (κ3) is 2.67. The minimum Gasteiger partial charge on any atom is -0.461 e. The molecule has 3 nitrogen and oxygen atoms in total. The highest BCUT2D eigenvalue weighted by Gasteiger charge is 2.20. The second kappa shape index (κ2) is 5.21. The van der Waals surface area contributed by atoms with Crippen molar-refractivity contribution in [2.75, 3.05) is 6.61 Å². The van der Waals surface area contributed by atoms with Crippen LogP contribution in [0.1, 0.15) is 17.4 Å². The van der Waals surface area contributed by atoms with Gasteiger partial charge in [0.15, 0.2) is 5.69 Å². The fraction of sp³-hybridized carbons (Fsp3) is 0.250. The number of esters is 1. The summed E-state index contributed by atoms with van der Waals surface area (Å²) >= 11 is 22.8. The second-order valence-corrected chi connectivity index (χ2v) is 3.91. The quantitative estimate of drug-likeness (QED) is 0.612. The average Bonchev–Trinajstić information content (AvgIpc) is 2.20. The van der Waals surface area contributed by atoms with E-state index in [1.807, 2.05) is 0 Å². The van der Waals surface area contributed by atoms with E-state index in [4.69, 9.17) is 51.1 Å². The lowest BCUT2D eigenvalue weighted by Gasteiger charge is -2.06. The molecule has 1 aromatic rings. The Bertz CT molecular complexity index is 408. The smallest absolute Gasteiger partial charge is 0.358 e. The largest absolute Gasteiger partial charge is 0.461 e. The van der Waals surface area contributed by atoms with Gasteiger partial charge in [-0.25, -0.2) is 9.78 Å². The number of ether oxygens (including phenoxy) is 1. The van der Waals surface area contributed by atoms with Crippen molar-refractivity contribution < 1.29 is 9.53 Å². The molecule has 0 N–H and O–H groups in total. The average molecular weight is 289 g/mol. The maximum Gasteiger partial charge on any atom is 0.358 e. The highest BCUT2D eigenvalue weighted by atomic mass is 35.5. The molecule has 0 spiro atoms. The summed E-state index contributed by atoms with van der Waals surface area (Å²) in [4.78, 5) is 15.0. The Hall–Kier alpha value is -0.220. The molecular formula is C8H5Cl4NO2. The van der Waals surface area contributed by atoms with E-state index in [1.165, 1.54) is 0 Å². The van der Waals surface area contributed by atoms with Crippen LogP contribution in [0.4, 0.5) is 0 Å². The van der Waals surface area contributed by atoms with Gasteiger partial charge in [-0.2, -0.15) is 0 Å². The molecule has 0 aliphatic rings. The molecule has 0 unspecified atom stereocenters. The fourth-order valence-corrected chi connectivity index (χ4v) is 1.63. The zero-order valence-corrected chi connectivity index (χ0v) is 10.5. The fourth-order valence-electron chi connectivity index (χ4n) is 0.822. The summed E-state index contributed by atoms with van der Waals surface area (Å²) in [6.45, 7) is 1.86. The van der Waals surface area contributed by atoms with E-state index < -0.39 is 5.97 Å². The Morgan fingerprint density at radius 3 is 2.33 bits per heavy atom. The molecule has 0 amide bonds. The van der Waals surface area contributed by atoms with E-state index in [0.29, 0.717) is 0 Å². The van der Waals surface area contributed by atoms with Crippen molar-refractivity contribution in [1.82, 2.24) is 4.98 Å². The van der Waals surface area contributed by atoms with Crippen LogP contribution in [-0.2, 0) is 4.74 Å². The van der Waals surface area contributed by atoms with Gasteiger partial charge in [-0.05, 0) is 6.92 Å². The molecule has 0 aliphatic heterocycles. The number of carbonyl (C=O) groups excluding carboxylic acids is 1. The van der Waals surface area contributed by atoms with Gasteiger partial charge in [0.25, 0.3) is 0 Å². The maximum absolute atomic E-state index is 11.4. The van der Waals surface area contributed by atoms with Crippen molar-refractivity contribution >= 4 is 52.4 Å². The van der Waals surface area contributed by atoms with Gasteiger partial charge >= 0.3 is 5.97 Å². The van der Waals surface area contributed by atoms with Crippen LogP contribution in [0.5, 0.6) is 0 Å². The maximum atomic E-state index is 11.4. The number of halogens is 4. The van der Waals surface area contributed by atoms with E-state index in [2.05, 4.69) is 4.98 Å². The van der Waals surface area contributed by atoms with Gasteiger partial charge < -0.3 is 4.74 Å². The zero-order valence-electron chi connectivity index (χ0n) is 7.48. The Balaban J connectivity index is 3.26. The molecule has 0 radical (unpaired) electrons. The predicted octanol–water partition coefficient (Wildman–Crippen LogP) is 3.87. The third-order valence-electron chi connectivity index (χ3n) is 1.45. The van der Waals surface area contributed by atoms with Crippen LogP contribution in [0.3, 0.4) is 0 Å². The van der Waals surface area contributed by atoms with Crippen molar-refractivity contribution in [3.63, 3.8) is 0 Å². The summed E-state index contributed by atoms with van der Waals surface area (Å²) in [5.74, 6) is -0.692. The third-order valence-corrected chi connectivity index (χ3v) is 3.13. The van der Waals surface area contributed by atoms with Crippen LogP contribution in [0.15, 0.2) is 0 Å². The predicted molar refractivity (Wildman–Crippen MR) is 60.2 cm³/mol. The van der Waals surface area contributed by atoms with Crippen LogP contribution < -0.4 is 0 Å². The lowest BCUT2D eigenvalue weighted by Crippen LogP contribution is -2.08. The molecule has 82 valence electrons. The number of rotatable bonds is 2. The highest BCUT2D eigenvalue weighted by Crippen LogP contribution is 2.36. The number of hydrogen-bond acceptors (Lipinski definition) is 3. The van der Waals surface area contributed by atoms with Gasteiger partial charge in [0, 0.05) is 0 Å². The molecule has 15 heavy (non-hydrogen) atoms. The summed E-state index contributed by atoms with van der Waals surface area (Å²) in [6.07, 6.45) is 0. The van der Waals surface area contributed by atoms with E-state index in [9.17, 15) is 4.79 Å². The van der Waals surface area contributed by atoms with Gasteiger partial charge in [-0.1, -0.05) is 46.4 Å². The van der Waals surface area contributed by atoms with Crippen LogP contribution in [0.25, 0.3) is 0 Å². The first kappa shape index (κ1) is 12.8. The van der Waals surface area contributed by atoms with Gasteiger partial charge in [0.05, 0.1) is 21.7 Å². The highest BCUT2D eigenvalue weighted by molar-refractivity contribution is 6.52. The summed E-state index contributed by atoms with van der Waals surface area (Å²) in [6, 6.07) is 0. The molecule has 0 atom stereocenters. The van der Waals surface area contributed by atoms with Crippen LogP contribution in [0, 0.1) is 0 Å². The van der Waals surface area contributed by atoms with Gasteiger partial charge in [-0.3, -0.25) is 0 Å². The first-order valence-corrected chi connectivity index (χ1v) is 5.37. The molecular weight excluding hydrogens is 284 g/mol. The SMILES string of the molecule is CCOC(=O)c1nc(Cl)c(Cl)c(Cl)c1Cl. The Morgan fingerprint density at radius 2 is 1.80 bits per heavy atom. The monoisotopic (exact) mass is 287 g/mol. The molecule has 0 saturated carbocycles. The minimum atomic E-state index is -0.692. The van der Waals surface area contributed by atoms with Gasteiger partial charge in [-0.15, -0.1) is 0 Å². The number of hydrogen-bond donors (Lipinski definition) is 0. The molecule has 0 aliphatic carbocycles. The normalized spacial score (nSPS) is 10.2. The molecule has 0 aromatic carbocycles. The van der Waals surface area contributed by atoms with Crippen molar-refractivity contribution in [1.29, 1.82) is 0 Å². The van der Waals surface area contributed by atoms with Crippen molar-refractivity contribution in [3.05, 3.63) is 25.9 Å². The molecule has 7 heteroatoms. The molecule has 1 rings (SSSR count). The van der Waals surface area contributed by atoms with Crippen molar-refractivity contribution in [2.45, 2.75) is 6.92 Å². The van der Waals surface area contributed by atoms with Crippen LogP contribution in [-0.4, -0.2) is 17.6 Å². The Kier molecular flexibility index (Phi) is 4.46. The molecule has 1 heterocycles. The number of nitrogens with zero attached hydrogens (tertiary/aromatic N) is 1. The van der Waals surface area contributed by atoms with Crippen LogP contribution in [0.2, 0.25) is 20.2 Å². The molecule has 0 fully saturated rings. The summed E-state index contributed by atoms with van der Waals surface area (Å²) < 4.78 is 4.71. The zero-order chi connectivity index (χ0) is 11.6. The second-order valence-electron chi connectivity index (χ2n) is 2.41. The number of carbonyl (C=O) groups is 1. The first-order valence-electron chi connectivity index (χ1n) is 3.86. The lowest BCUT2D eigenvalue weighted by molar-refractivity contribution is 0.0520. The molecule has 0 saturated heterocycles. The van der Waals surface area contributed by atoms with Gasteiger partial charge in [0.1, 0.15) is 5.15 Å². The lowest BCUT2D eigenvalue weighted by atomic mass is 10.3. The van der Waals surface area contributed by atoms with Gasteiger partial charge in [0.2, 0.25) is 0 Å².